The van der Waals surface area contributed by atoms with Gasteiger partial charge in [-0.3, -0.25) is 9.59 Å². The van der Waals surface area contributed by atoms with E-state index in [1.807, 2.05) is 13.8 Å². The van der Waals surface area contributed by atoms with Crippen LogP contribution in [0.4, 0.5) is 0 Å². The number of carbonyl (C=O) groups excluding carboxylic acids is 2. The highest BCUT2D eigenvalue weighted by molar-refractivity contribution is 6.02. The zero-order valence-electron chi connectivity index (χ0n) is 8.78. The lowest BCUT2D eigenvalue weighted by atomic mass is 9.90. The zero-order valence-corrected chi connectivity index (χ0v) is 8.78. The van der Waals surface area contributed by atoms with E-state index in [-0.39, 0.29) is 23.7 Å². The van der Waals surface area contributed by atoms with Crippen LogP contribution in [0.1, 0.15) is 27.2 Å². The van der Waals surface area contributed by atoms with E-state index in [2.05, 4.69) is 5.32 Å². The van der Waals surface area contributed by atoms with Crippen molar-refractivity contribution in [1.29, 1.82) is 0 Å². The highest BCUT2D eigenvalue weighted by Gasteiger charge is 2.45. The zero-order chi connectivity index (χ0) is 10.9. The van der Waals surface area contributed by atoms with Crippen molar-refractivity contribution in [2.75, 3.05) is 0 Å². The third kappa shape index (κ3) is 1.80. The van der Waals surface area contributed by atoms with Crippen molar-refractivity contribution in [3.63, 3.8) is 0 Å². The maximum absolute atomic E-state index is 11.4. The number of rotatable bonds is 3. The van der Waals surface area contributed by atoms with Crippen molar-refractivity contribution in [1.82, 2.24) is 5.32 Å². The second kappa shape index (κ2) is 4.09. The van der Waals surface area contributed by atoms with Gasteiger partial charge in [-0.15, -0.1) is 0 Å². The Bertz CT molecular complexity index is 252. The Morgan fingerprint density at radius 1 is 1.64 bits per heavy atom. The molecule has 0 saturated carbocycles. The number of hydrogen-bond acceptors (Lipinski definition) is 3. The monoisotopic (exact) mass is 199 g/mol. The van der Waals surface area contributed by atoms with Gasteiger partial charge in [0.2, 0.25) is 5.91 Å². The maximum Gasteiger partial charge on any atom is 0.233 e. The van der Waals surface area contributed by atoms with Gasteiger partial charge >= 0.3 is 0 Å². The average Bonchev–Trinajstić information content (AvgIpc) is 2.40. The van der Waals surface area contributed by atoms with Gasteiger partial charge in [-0.2, -0.15) is 0 Å². The van der Waals surface area contributed by atoms with Crippen LogP contribution < -0.4 is 5.32 Å². The molecule has 1 aliphatic rings. The van der Waals surface area contributed by atoms with Gasteiger partial charge in [-0.25, -0.2) is 0 Å². The van der Waals surface area contributed by atoms with Crippen LogP contribution in [0.2, 0.25) is 0 Å². The molecule has 4 nitrogen and oxygen atoms in total. The predicted molar refractivity (Wildman–Crippen MR) is 51.6 cm³/mol. The molecule has 1 rings (SSSR count). The molecule has 0 spiro atoms. The normalized spacial score (nSPS) is 34.0. The summed E-state index contributed by atoms with van der Waals surface area (Å²) in [6.45, 7) is 5.29. The number of ketones is 1. The van der Waals surface area contributed by atoms with Crippen molar-refractivity contribution in [3.05, 3.63) is 0 Å². The van der Waals surface area contributed by atoms with Gasteiger partial charge < -0.3 is 10.4 Å². The summed E-state index contributed by atoms with van der Waals surface area (Å²) in [6, 6.07) is -0.276. The minimum Gasteiger partial charge on any atom is -0.390 e. The van der Waals surface area contributed by atoms with Crippen molar-refractivity contribution in [2.45, 2.75) is 39.3 Å². The lowest BCUT2D eigenvalue weighted by Gasteiger charge is -2.21. The average molecular weight is 199 g/mol. The standard InChI is InChI=1S/C10H17NO3/c1-4-5(2)8-9(13)7(6(3)12)10(14)11-8/h5,7-9,13H,4H2,1-3H3,(H,11,14). The number of aliphatic hydroxyl groups excluding tert-OH is 1. The van der Waals surface area contributed by atoms with E-state index >= 15 is 0 Å². The van der Waals surface area contributed by atoms with Crippen molar-refractivity contribution >= 4 is 11.7 Å². The number of Topliss-reactive ketones (excluding diaryl/α,β-unsaturated/α-hetero) is 1. The number of hydrogen-bond donors (Lipinski definition) is 2. The molecule has 1 amide bonds. The molecule has 0 radical (unpaired) electrons. The molecule has 2 N–H and O–H groups in total. The molecule has 1 aliphatic heterocycles. The quantitative estimate of drug-likeness (QED) is 0.633. The number of amides is 1. The predicted octanol–water partition coefficient (Wildman–Crippen LogP) is 0.0970. The van der Waals surface area contributed by atoms with E-state index in [4.69, 9.17) is 0 Å². The van der Waals surface area contributed by atoms with Crippen molar-refractivity contribution in [3.8, 4) is 0 Å². The van der Waals surface area contributed by atoms with Gasteiger partial charge in [-0.05, 0) is 12.8 Å². The topological polar surface area (TPSA) is 66.4 Å². The van der Waals surface area contributed by atoms with Gasteiger partial charge in [0.25, 0.3) is 0 Å². The Morgan fingerprint density at radius 2 is 2.21 bits per heavy atom. The molecule has 4 unspecified atom stereocenters. The van der Waals surface area contributed by atoms with Crippen molar-refractivity contribution in [2.24, 2.45) is 11.8 Å². The van der Waals surface area contributed by atoms with E-state index < -0.39 is 12.0 Å². The lowest BCUT2D eigenvalue weighted by Crippen LogP contribution is -2.38. The summed E-state index contributed by atoms with van der Waals surface area (Å²) in [4.78, 5) is 22.5. The second-order valence-electron chi connectivity index (χ2n) is 4.00. The molecular formula is C10H17NO3. The first-order chi connectivity index (χ1) is 6.49. The largest absolute Gasteiger partial charge is 0.390 e. The first-order valence-corrected chi connectivity index (χ1v) is 4.98. The van der Waals surface area contributed by atoms with Crippen LogP contribution in [0.25, 0.3) is 0 Å². The summed E-state index contributed by atoms with van der Waals surface area (Å²) in [6.07, 6.45) is 0.00190. The van der Waals surface area contributed by atoms with Crippen LogP contribution in [-0.2, 0) is 9.59 Å². The molecule has 4 heteroatoms. The van der Waals surface area contributed by atoms with E-state index in [1.54, 1.807) is 0 Å². The summed E-state index contributed by atoms with van der Waals surface area (Å²) >= 11 is 0. The molecule has 0 aromatic carbocycles. The fourth-order valence-corrected chi connectivity index (χ4v) is 1.86. The minimum atomic E-state index is -0.867. The molecule has 1 saturated heterocycles. The molecule has 80 valence electrons. The Labute approximate surface area is 83.7 Å². The number of nitrogens with one attached hydrogen (secondary N) is 1. The molecule has 1 heterocycles. The summed E-state index contributed by atoms with van der Waals surface area (Å²) in [5.74, 6) is -1.27. The Morgan fingerprint density at radius 3 is 2.57 bits per heavy atom. The molecule has 0 aromatic heterocycles. The fraction of sp³-hybridized carbons (Fsp3) is 0.800. The summed E-state index contributed by atoms with van der Waals surface area (Å²) < 4.78 is 0. The molecule has 14 heavy (non-hydrogen) atoms. The van der Waals surface area contributed by atoms with Gasteiger partial charge in [-0.1, -0.05) is 20.3 Å². The third-order valence-electron chi connectivity index (χ3n) is 3.00. The van der Waals surface area contributed by atoms with Crippen LogP contribution in [0.15, 0.2) is 0 Å². The summed E-state index contributed by atoms with van der Waals surface area (Å²) in [5.41, 5.74) is 0. The SMILES string of the molecule is CCC(C)C1NC(=O)C(C(C)=O)C1O. The van der Waals surface area contributed by atoms with E-state index in [9.17, 15) is 14.7 Å². The number of carbonyl (C=O) groups is 2. The molecule has 1 fully saturated rings. The Kier molecular flexibility index (Phi) is 3.26. The fourth-order valence-electron chi connectivity index (χ4n) is 1.86. The van der Waals surface area contributed by atoms with E-state index in [0.717, 1.165) is 6.42 Å². The van der Waals surface area contributed by atoms with Gasteiger partial charge in [0, 0.05) is 0 Å². The van der Waals surface area contributed by atoms with Gasteiger partial charge in [0.1, 0.15) is 11.7 Å². The van der Waals surface area contributed by atoms with Gasteiger partial charge in [0.05, 0.1) is 12.1 Å². The maximum atomic E-state index is 11.4. The van der Waals surface area contributed by atoms with Crippen LogP contribution in [0, 0.1) is 11.8 Å². The summed E-state index contributed by atoms with van der Waals surface area (Å²) in [7, 11) is 0. The first-order valence-electron chi connectivity index (χ1n) is 4.98. The van der Waals surface area contributed by atoms with Crippen LogP contribution in [0.5, 0.6) is 0 Å². The van der Waals surface area contributed by atoms with Crippen LogP contribution >= 0.6 is 0 Å². The highest BCUT2D eigenvalue weighted by Crippen LogP contribution is 2.24. The molecule has 0 aromatic rings. The van der Waals surface area contributed by atoms with E-state index in [1.165, 1.54) is 6.92 Å². The highest BCUT2D eigenvalue weighted by atomic mass is 16.3. The third-order valence-corrected chi connectivity index (χ3v) is 3.00. The van der Waals surface area contributed by atoms with E-state index in [0.29, 0.717) is 0 Å². The molecular weight excluding hydrogens is 182 g/mol. The first kappa shape index (κ1) is 11.2. The Hall–Kier alpha value is -0.900. The lowest BCUT2D eigenvalue weighted by molar-refractivity contribution is -0.132. The summed E-state index contributed by atoms with van der Waals surface area (Å²) in [5, 5.41) is 12.5. The number of aliphatic hydroxyl groups is 1. The molecule has 0 bridgehead atoms. The van der Waals surface area contributed by atoms with Crippen molar-refractivity contribution < 1.29 is 14.7 Å². The molecule has 4 atom stereocenters. The smallest absolute Gasteiger partial charge is 0.233 e. The van der Waals surface area contributed by atoms with Gasteiger partial charge in [0.15, 0.2) is 0 Å². The van der Waals surface area contributed by atoms with Crippen LogP contribution in [-0.4, -0.2) is 28.9 Å². The molecule has 0 aliphatic carbocycles. The Balaban J connectivity index is 2.78. The second-order valence-corrected chi connectivity index (χ2v) is 4.00. The minimum absolute atomic E-state index is 0.193. The van der Waals surface area contributed by atoms with Crippen LogP contribution in [0.3, 0.4) is 0 Å².